The van der Waals surface area contributed by atoms with Crippen molar-refractivity contribution in [2.75, 3.05) is 7.11 Å². The summed E-state index contributed by atoms with van der Waals surface area (Å²) in [6.07, 6.45) is 0. The van der Waals surface area contributed by atoms with Crippen molar-refractivity contribution in [3.8, 4) is 0 Å². The summed E-state index contributed by atoms with van der Waals surface area (Å²) in [7, 11) is 1.68. The minimum absolute atomic E-state index is 0.377. The molecule has 3 N–H and O–H groups in total. The van der Waals surface area contributed by atoms with Crippen LogP contribution in [0.5, 0.6) is 0 Å². The molecule has 0 heterocycles. The second-order valence-corrected chi connectivity index (χ2v) is 2.61. The fourth-order valence-corrected chi connectivity index (χ4v) is 0.158. The molecule has 0 amide bonds. The van der Waals surface area contributed by atoms with Crippen molar-refractivity contribution in [1.29, 1.82) is 0 Å². The molecule has 0 bridgehead atoms. The van der Waals surface area contributed by atoms with E-state index >= 15 is 0 Å². The summed E-state index contributed by atoms with van der Waals surface area (Å²) in [5, 5.41) is 24.9. The van der Waals surface area contributed by atoms with Gasteiger partial charge < -0.3 is 20.1 Å². The van der Waals surface area contributed by atoms with Crippen LogP contribution in [-0.2, 0) is 4.74 Å². The number of hydrogen-bond acceptors (Lipinski definition) is 4. The van der Waals surface area contributed by atoms with E-state index in [1.165, 1.54) is 7.11 Å². The maximum atomic E-state index is 8.31. The maximum Gasteiger partial charge on any atom is 0.298 e. The Balaban J connectivity index is 3.62. The van der Waals surface area contributed by atoms with Gasteiger partial charge in [-0.3, -0.25) is 0 Å². The van der Waals surface area contributed by atoms with Crippen LogP contribution >= 0.6 is 0 Å². The maximum absolute atomic E-state index is 8.31. The SMILES string of the molecule is COC([SiH3])C(O)(O)O. The molecular formula is C3H10O4Si. The lowest BCUT2D eigenvalue weighted by Crippen LogP contribution is -2.43. The van der Waals surface area contributed by atoms with Crippen molar-refractivity contribution >= 4 is 10.2 Å². The van der Waals surface area contributed by atoms with Gasteiger partial charge in [-0.1, -0.05) is 0 Å². The van der Waals surface area contributed by atoms with Crippen molar-refractivity contribution in [1.82, 2.24) is 0 Å². The van der Waals surface area contributed by atoms with Crippen LogP contribution in [0.15, 0.2) is 0 Å². The predicted molar refractivity (Wildman–Crippen MR) is 30.1 cm³/mol. The third-order valence-electron chi connectivity index (χ3n) is 0.899. The number of hydrogen-bond donors (Lipinski definition) is 3. The Kier molecular flexibility index (Phi) is 2.58. The quantitative estimate of drug-likeness (QED) is 0.280. The van der Waals surface area contributed by atoms with Gasteiger partial charge in [-0.15, -0.1) is 0 Å². The van der Waals surface area contributed by atoms with Crippen molar-refractivity contribution in [3.05, 3.63) is 0 Å². The predicted octanol–water partition coefficient (Wildman–Crippen LogP) is -3.04. The van der Waals surface area contributed by atoms with Gasteiger partial charge in [0.15, 0.2) is 0 Å². The lowest BCUT2D eigenvalue weighted by Gasteiger charge is -2.20. The number of ether oxygens (including phenoxy) is 1. The molecule has 1 unspecified atom stereocenters. The van der Waals surface area contributed by atoms with E-state index in [9.17, 15) is 0 Å². The Morgan fingerprint density at radius 1 is 1.50 bits per heavy atom. The summed E-state index contributed by atoms with van der Waals surface area (Å²) >= 11 is 0. The Hall–Kier alpha value is 0.0569. The Bertz CT molecular complexity index is 68.2. The second-order valence-electron chi connectivity index (χ2n) is 1.57. The molecular weight excluding hydrogens is 128 g/mol. The van der Waals surface area contributed by atoms with Crippen LogP contribution in [0.3, 0.4) is 0 Å². The minimum Gasteiger partial charge on any atom is -0.378 e. The van der Waals surface area contributed by atoms with Crippen molar-refractivity contribution in [2.45, 2.75) is 11.7 Å². The molecule has 1 atom stereocenters. The molecule has 0 aromatic heterocycles. The van der Waals surface area contributed by atoms with Crippen LogP contribution in [0, 0.1) is 0 Å². The van der Waals surface area contributed by atoms with Gasteiger partial charge in [0.05, 0.1) is 0 Å². The number of methoxy groups -OCH3 is 1. The Morgan fingerprint density at radius 2 is 1.88 bits per heavy atom. The largest absolute Gasteiger partial charge is 0.378 e. The molecule has 0 aliphatic heterocycles. The first kappa shape index (κ1) is 8.06. The summed E-state index contributed by atoms with van der Waals surface area (Å²) in [5.74, 6) is -2.65. The summed E-state index contributed by atoms with van der Waals surface area (Å²) in [4.78, 5) is 0. The molecule has 0 spiro atoms. The Morgan fingerprint density at radius 3 is 1.88 bits per heavy atom. The molecule has 5 heteroatoms. The van der Waals surface area contributed by atoms with Crippen LogP contribution in [0.4, 0.5) is 0 Å². The van der Waals surface area contributed by atoms with Gasteiger partial charge in [0, 0.05) is 17.4 Å². The first-order chi connectivity index (χ1) is 3.48. The molecule has 0 saturated heterocycles. The molecule has 0 saturated carbocycles. The van der Waals surface area contributed by atoms with Crippen LogP contribution in [0.1, 0.15) is 0 Å². The van der Waals surface area contributed by atoms with E-state index in [2.05, 4.69) is 4.74 Å². The molecule has 0 radical (unpaired) electrons. The molecule has 0 aromatic rings. The van der Waals surface area contributed by atoms with Gasteiger partial charge in [-0.2, -0.15) is 0 Å². The topological polar surface area (TPSA) is 69.9 Å². The standard InChI is InChI=1S/C3H10O4Si/c1-7-2(8)3(4,5)6/h2,4-6H,1,8H3. The van der Waals surface area contributed by atoms with E-state index in [4.69, 9.17) is 15.3 Å². The van der Waals surface area contributed by atoms with E-state index in [1.807, 2.05) is 0 Å². The van der Waals surface area contributed by atoms with Gasteiger partial charge in [0.2, 0.25) is 0 Å². The molecule has 8 heavy (non-hydrogen) atoms. The van der Waals surface area contributed by atoms with E-state index < -0.39 is 11.7 Å². The third-order valence-corrected chi connectivity index (χ3v) is 2.14. The summed E-state index contributed by atoms with van der Waals surface area (Å²) < 4.78 is 4.43. The van der Waals surface area contributed by atoms with E-state index in [0.717, 1.165) is 0 Å². The lowest BCUT2D eigenvalue weighted by atomic mass is 10.6. The fraction of sp³-hybridized carbons (Fsp3) is 1.00. The summed E-state index contributed by atoms with van der Waals surface area (Å²) in [5.41, 5.74) is -0.845. The monoisotopic (exact) mass is 138 g/mol. The van der Waals surface area contributed by atoms with Gasteiger partial charge in [-0.05, 0) is 0 Å². The molecule has 0 fully saturated rings. The highest BCUT2D eigenvalue weighted by molar-refractivity contribution is 6.11. The highest BCUT2D eigenvalue weighted by Crippen LogP contribution is 1.99. The van der Waals surface area contributed by atoms with Gasteiger partial charge in [0.1, 0.15) is 5.73 Å². The zero-order valence-electron chi connectivity index (χ0n) is 4.83. The van der Waals surface area contributed by atoms with Gasteiger partial charge in [-0.25, -0.2) is 0 Å². The minimum atomic E-state index is -2.65. The van der Waals surface area contributed by atoms with Gasteiger partial charge >= 0.3 is 0 Å². The average molecular weight is 138 g/mol. The van der Waals surface area contributed by atoms with E-state index in [0.29, 0.717) is 10.2 Å². The third kappa shape index (κ3) is 2.39. The number of aliphatic hydroxyl groups is 3. The van der Waals surface area contributed by atoms with Gasteiger partial charge in [0.25, 0.3) is 5.97 Å². The number of rotatable bonds is 2. The Labute approximate surface area is 50.1 Å². The molecule has 50 valence electrons. The van der Waals surface area contributed by atoms with Crippen molar-refractivity contribution in [3.63, 3.8) is 0 Å². The van der Waals surface area contributed by atoms with Crippen LogP contribution in [-0.4, -0.2) is 44.4 Å². The highest BCUT2D eigenvalue weighted by Gasteiger charge is 2.26. The van der Waals surface area contributed by atoms with Crippen LogP contribution in [0.25, 0.3) is 0 Å². The second kappa shape index (κ2) is 2.56. The van der Waals surface area contributed by atoms with Crippen molar-refractivity contribution in [2.24, 2.45) is 0 Å². The first-order valence-electron chi connectivity index (χ1n) is 2.18. The van der Waals surface area contributed by atoms with Crippen molar-refractivity contribution < 1.29 is 20.1 Å². The normalized spacial score (nSPS) is 16.5. The zero-order chi connectivity index (χ0) is 6.78. The fourth-order valence-electron chi connectivity index (χ4n) is 0.158. The summed E-state index contributed by atoms with van der Waals surface area (Å²) in [6, 6.07) is 0. The molecule has 0 aromatic carbocycles. The molecule has 4 nitrogen and oxygen atoms in total. The molecule has 0 aliphatic carbocycles. The molecule has 0 rings (SSSR count). The first-order valence-corrected chi connectivity index (χ1v) is 3.34. The average Bonchev–Trinajstić information content (AvgIpc) is 1.62. The van der Waals surface area contributed by atoms with E-state index in [-0.39, 0.29) is 0 Å². The lowest BCUT2D eigenvalue weighted by molar-refractivity contribution is -0.340. The smallest absolute Gasteiger partial charge is 0.298 e. The molecule has 0 aliphatic rings. The van der Waals surface area contributed by atoms with Crippen LogP contribution in [0.2, 0.25) is 0 Å². The van der Waals surface area contributed by atoms with E-state index in [1.54, 1.807) is 0 Å². The highest BCUT2D eigenvalue weighted by atomic mass is 28.1. The van der Waals surface area contributed by atoms with Crippen LogP contribution < -0.4 is 0 Å². The summed E-state index contributed by atoms with van der Waals surface area (Å²) in [6.45, 7) is 0. The zero-order valence-corrected chi connectivity index (χ0v) is 6.83.